The van der Waals surface area contributed by atoms with Crippen molar-refractivity contribution in [1.29, 1.82) is 0 Å². The molecule has 0 aliphatic carbocycles. The molecule has 0 bridgehead atoms. The van der Waals surface area contributed by atoms with Crippen LogP contribution in [0.1, 0.15) is 75.9 Å². The van der Waals surface area contributed by atoms with Gasteiger partial charge in [-0.15, -0.1) is 0 Å². The lowest BCUT2D eigenvalue weighted by Crippen LogP contribution is -2.56. The van der Waals surface area contributed by atoms with Crippen molar-refractivity contribution < 1.29 is 24.0 Å². The van der Waals surface area contributed by atoms with Gasteiger partial charge in [-0.05, 0) is 41.9 Å². The van der Waals surface area contributed by atoms with Gasteiger partial charge in [-0.2, -0.15) is 0 Å². The normalized spacial score (nSPS) is 15.5. The summed E-state index contributed by atoms with van der Waals surface area (Å²) >= 11 is 0. The smallest absolute Gasteiger partial charge is 0.255 e. The van der Waals surface area contributed by atoms with Crippen LogP contribution < -0.4 is 5.32 Å². The third kappa shape index (κ3) is 7.28. The topological polar surface area (TPSA) is 101 Å². The van der Waals surface area contributed by atoms with Gasteiger partial charge in [-0.3, -0.25) is 24.0 Å². The second-order valence-corrected chi connectivity index (χ2v) is 11.9. The Morgan fingerprint density at radius 2 is 1.54 bits per heavy atom. The van der Waals surface area contributed by atoms with Crippen LogP contribution in [-0.2, 0) is 32.1 Å². The molecule has 0 aromatic heterocycles. The van der Waals surface area contributed by atoms with Gasteiger partial charge in [0.1, 0.15) is 6.04 Å². The predicted octanol–water partition coefficient (Wildman–Crippen LogP) is 4.56. The molecule has 2 amide bonds. The Morgan fingerprint density at radius 1 is 0.923 bits per heavy atom. The van der Waals surface area contributed by atoms with Gasteiger partial charge in [0, 0.05) is 30.9 Å². The van der Waals surface area contributed by atoms with Crippen LogP contribution in [-0.4, -0.2) is 46.1 Å². The SMILES string of the molecule is CC(C)[C@H](CC(=O)[C@H](C)NC(=O)[C@@H](N1Cc2ccccc2C1=O)C(C)(C)C)C(=O)C(=O)CCc1ccccc1. The maximum Gasteiger partial charge on any atom is 0.255 e. The molecule has 2 aromatic rings. The van der Waals surface area contributed by atoms with Gasteiger partial charge in [-0.25, -0.2) is 0 Å². The Kier molecular flexibility index (Phi) is 9.59. The molecule has 3 atom stereocenters. The number of fused-ring (bicyclic) bond motifs is 1. The van der Waals surface area contributed by atoms with Gasteiger partial charge < -0.3 is 10.2 Å². The molecule has 0 spiro atoms. The molecule has 1 heterocycles. The van der Waals surface area contributed by atoms with Crippen LogP contribution in [0.15, 0.2) is 54.6 Å². The molecule has 0 saturated heterocycles. The molecule has 1 aliphatic rings. The monoisotopic (exact) mass is 532 g/mol. The van der Waals surface area contributed by atoms with Crippen LogP contribution in [0.3, 0.4) is 0 Å². The van der Waals surface area contributed by atoms with Crippen LogP contribution in [0.25, 0.3) is 0 Å². The number of carbonyl (C=O) groups is 5. The molecule has 7 nitrogen and oxygen atoms in total. The van der Waals surface area contributed by atoms with Gasteiger partial charge in [0.05, 0.1) is 6.04 Å². The minimum atomic E-state index is -0.879. The standard InChI is InChI=1S/C32H40N2O5/c1-20(2)25(28(37)26(35)17-16-22-12-8-7-9-13-22)18-27(36)21(3)33-30(38)29(32(4,5)6)34-19-23-14-10-11-15-24(23)31(34)39/h7-15,20-21,25,29H,16-19H2,1-6H3,(H,33,38)/t21-,25-,29+/m0/s1. The fourth-order valence-electron chi connectivity index (χ4n) is 5.12. The summed E-state index contributed by atoms with van der Waals surface area (Å²) in [6, 6.07) is 15.1. The number of ketones is 3. The highest BCUT2D eigenvalue weighted by Crippen LogP contribution is 2.32. The quantitative estimate of drug-likeness (QED) is 0.404. The molecular formula is C32H40N2O5. The highest BCUT2D eigenvalue weighted by Gasteiger charge is 2.43. The first-order chi connectivity index (χ1) is 18.3. The Morgan fingerprint density at radius 3 is 2.13 bits per heavy atom. The first-order valence-corrected chi connectivity index (χ1v) is 13.6. The molecule has 7 heteroatoms. The van der Waals surface area contributed by atoms with E-state index in [0.717, 1.165) is 11.1 Å². The minimum absolute atomic E-state index is 0.0893. The van der Waals surface area contributed by atoms with E-state index >= 15 is 0 Å². The molecule has 2 aromatic carbocycles. The summed E-state index contributed by atoms with van der Waals surface area (Å²) < 4.78 is 0. The molecule has 0 radical (unpaired) electrons. The molecular weight excluding hydrogens is 492 g/mol. The molecule has 1 N–H and O–H groups in total. The number of hydrogen-bond donors (Lipinski definition) is 1. The van der Waals surface area contributed by atoms with E-state index < -0.39 is 40.9 Å². The Balaban J connectivity index is 1.65. The highest BCUT2D eigenvalue weighted by atomic mass is 16.2. The van der Waals surface area contributed by atoms with Crippen LogP contribution in [0.2, 0.25) is 0 Å². The van der Waals surface area contributed by atoms with Crippen molar-refractivity contribution in [2.45, 2.75) is 79.4 Å². The number of nitrogens with one attached hydrogen (secondary N) is 1. The second kappa shape index (κ2) is 12.5. The molecule has 3 rings (SSSR count). The lowest BCUT2D eigenvalue weighted by Gasteiger charge is -2.37. The van der Waals surface area contributed by atoms with Crippen molar-refractivity contribution in [2.75, 3.05) is 0 Å². The molecule has 0 unspecified atom stereocenters. The Hall–Kier alpha value is -3.61. The number of carbonyl (C=O) groups excluding carboxylic acids is 5. The minimum Gasteiger partial charge on any atom is -0.345 e. The summed E-state index contributed by atoms with van der Waals surface area (Å²) in [6.07, 6.45) is 0.416. The van der Waals surface area contributed by atoms with E-state index in [9.17, 15) is 24.0 Å². The average molecular weight is 533 g/mol. The van der Waals surface area contributed by atoms with Gasteiger partial charge in [0.15, 0.2) is 11.6 Å². The number of rotatable bonds is 12. The zero-order chi connectivity index (χ0) is 28.9. The fourth-order valence-corrected chi connectivity index (χ4v) is 5.12. The molecule has 0 saturated carbocycles. The third-order valence-corrected chi connectivity index (χ3v) is 7.39. The predicted molar refractivity (Wildman–Crippen MR) is 150 cm³/mol. The van der Waals surface area contributed by atoms with E-state index in [-0.39, 0.29) is 30.4 Å². The van der Waals surface area contributed by atoms with Crippen molar-refractivity contribution in [3.05, 3.63) is 71.3 Å². The number of Topliss-reactive ketones (excluding diaryl/α,β-unsaturated/α-hetero) is 3. The number of hydrogen-bond acceptors (Lipinski definition) is 5. The zero-order valence-electron chi connectivity index (χ0n) is 23.8. The largest absolute Gasteiger partial charge is 0.345 e. The van der Waals surface area contributed by atoms with Crippen molar-refractivity contribution in [2.24, 2.45) is 17.3 Å². The Bertz CT molecular complexity index is 1230. The second-order valence-electron chi connectivity index (χ2n) is 11.9. The van der Waals surface area contributed by atoms with Crippen LogP contribution in [0, 0.1) is 17.3 Å². The van der Waals surface area contributed by atoms with Crippen molar-refractivity contribution in [1.82, 2.24) is 10.2 Å². The van der Waals surface area contributed by atoms with E-state index in [4.69, 9.17) is 0 Å². The number of benzene rings is 2. The summed E-state index contributed by atoms with van der Waals surface area (Å²) in [5, 5.41) is 2.79. The van der Waals surface area contributed by atoms with Crippen molar-refractivity contribution in [3.63, 3.8) is 0 Å². The van der Waals surface area contributed by atoms with E-state index in [0.29, 0.717) is 18.5 Å². The van der Waals surface area contributed by atoms with E-state index in [1.54, 1.807) is 24.0 Å². The van der Waals surface area contributed by atoms with Crippen molar-refractivity contribution >= 4 is 29.2 Å². The zero-order valence-corrected chi connectivity index (χ0v) is 23.8. The third-order valence-electron chi connectivity index (χ3n) is 7.39. The maximum atomic E-state index is 13.5. The highest BCUT2D eigenvalue weighted by molar-refractivity contribution is 6.38. The summed E-state index contributed by atoms with van der Waals surface area (Å²) in [5.74, 6) is -2.95. The number of amides is 2. The number of nitrogens with zero attached hydrogens (tertiary/aromatic N) is 1. The van der Waals surface area contributed by atoms with Gasteiger partial charge >= 0.3 is 0 Å². The van der Waals surface area contributed by atoms with Crippen LogP contribution in [0.5, 0.6) is 0 Å². The average Bonchev–Trinajstić information content (AvgIpc) is 3.20. The maximum absolute atomic E-state index is 13.5. The molecule has 0 fully saturated rings. The lowest BCUT2D eigenvalue weighted by molar-refractivity contribution is -0.141. The van der Waals surface area contributed by atoms with E-state index in [1.165, 1.54) is 0 Å². The first-order valence-electron chi connectivity index (χ1n) is 13.6. The van der Waals surface area contributed by atoms with Crippen LogP contribution >= 0.6 is 0 Å². The van der Waals surface area contributed by atoms with Gasteiger partial charge in [0.25, 0.3) is 5.91 Å². The summed E-state index contributed by atoms with van der Waals surface area (Å²) in [5.41, 5.74) is 1.83. The van der Waals surface area contributed by atoms with E-state index in [1.807, 2.05) is 77.1 Å². The summed E-state index contributed by atoms with van der Waals surface area (Å²) in [4.78, 5) is 67.1. The molecule has 208 valence electrons. The number of aryl methyl sites for hydroxylation is 1. The Labute approximate surface area is 231 Å². The fraction of sp³-hybridized carbons (Fsp3) is 0.469. The van der Waals surface area contributed by atoms with Gasteiger partial charge in [0.2, 0.25) is 11.7 Å². The van der Waals surface area contributed by atoms with Gasteiger partial charge in [-0.1, -0.05) is 83.1 Å². The molecule has 39 heavy (non-hydrogen) atoms. The lowest BCUT2D eigenvalue weighted by atomic mass is 9.82. The molecule has 1 aliphatic heterocycles. The van der Waals surface area contributed by atoms with Crippen molar-refractivity contribution in [3.8, 4) is 0 Å². The first kappa shape index (κ1) is 29.9. The summed E-state index contributed by atoms with van der Waals surface area (Å²) in [7, 11) is 0. The van der Waals surface area contributed by atoms with E-state index in [2.05, 4.69) is 5.32 Å². The van der Waals surface area contributed by atoms with Crippen LogP contribution in [0.4, 0.5) is 0 Å². The summed E-state index contributed by atoms with van der Waals surface area (Å²) in [6.45, 7) is 11.2.